The molecule has 1 aromatic heterocycles. The number of fused-ring (bicyclic) bond motifs is 2. The number of para-hydroxylation sites is 1. The van der Waals surface area contributed by atoms with E-state index < -0.39 is 23.5 Å². The summed E-state index contributed by atoms with van der Waals surface area (Å²) >= 11 is 1.75. The first kappa shape index (κ1) is 32.7. The normalized spacial score (nSPS) is 22.1. The van der Waals surface area contributed by atoms with Gasteiger partial charge in [0.05, 0.1) is 42.0 Å². The van der Waals surface area contributed by atoms with Gasteiger partial charge in [-0.15, -0.1) is 11.8 Å². The molecule has 7 rings (SSSR count). The number of thioether (sulfide) groups is 1. The van der Waals surface area contributed by atoms with Crippen molar-refractivity contribution in [3.63, 3.8) is 0 Å². The maximum absolute atomic E-state index is 14.0. The van der Waals surface area contributed by atoms with Gasteiger partial charge in [0.1, 0.15) is 17.1 Å². The highest BCUT2D eigenvalue weighted by atomic mass is 32.2. The minimum Gasteiger partial charge on any atom is -0.494 e. The molecule has 2 bridgehead atoms. The van der Waals surface area contributed by atoms with Gasteiger partial charge in [0.15, 0.2) is 0 Å². The second kappa shape index (κ2) is 13.1. The fraction of sp³-hybridized carbons (Fsp3) is 0.438. The second-order valence-electron chi connectivity index (χ2n) is 11.7. The van der Waals surface area contributed by atoms with Gasteiger partial charge in [-0.25, -0.2) is 4.98 Å². The summed E-state index contributed by atoms with van der Waals surface area (Å²) < 4.78 is 52.7. The van der Waals surface area contributed by atoms with Gasteiger partial charge in [-0.2, -0.15) is 18.2 Å². The van der Waals surface area contributed by atoms with E-state index >= 15 is 0 Å². The van der Waals surface area contributed by atoms with Crippen LogP contribution in [-0.2, 0) is 15.7 Å². The number of aryl methyl sites for hydroxylation is 1. The molecule has 4 heterocycles. The third kappa shape index (κ3) is 6.63. The largest absolute Gasteiger partial charge is 0.494 e. The van der Waals surface area contributed by atoms with E-state index in [0.29, 0.717) is 54.8 Å². The molecule has 3 aliphatic heterocycles. The van der Waals surface area contributed by atoms with Crippen LogP contribution < -0.4 is 26.0 Å². The number of hydrogen-bond acceptors (Lipinski definition) is 10. The number of nitrogens with zero attached hydrogens (tertiary/aromatic N) is 3. The zero-order valence-corrected chi connectivity index (χ0v) is 27.0. The molecule has 2 aromatic carbocycles. The lowest BCUT2D eigenvalue weighted by atomic mass is 9.82. The summed E-state index contributed by atoms with van der Waals surface area (Å²) in [5, 5.41) is 12.1. The standard InChI is InChI=1S/C32H36F3N7O4S/c1-18-5-4-6-20(28(43)36-2)26(18)40-27-21(32(33,34)35)17-37-30(41-27)39-22-8-7-19(15-24(22)45-3)38-23-9-10-31(16-25(23)47-31)29(44)42-11-13-46-14-12-42/h4-8,15,17,23,25,38H,9-14,16H2,1-3H3,(H,36,43)(H2,37,39,40,41). The average Bonchev–Trinajstić information content (AvgIpc) is 3.05. The van der Waals surface area contributed by atoms with Crippen molar-refractivity contribution in [3.05, 3.63) is 59.3 Å². The molecule has 15 heteroatoms. The molecule has 0 radical (unpaired) electrons. The highest BCUT2D eigenvalue weighted by molar-refractivity contribution is 8.03. The molecule has 3 saturated heterocycles. The van der Waals surface area contributed by atoms with Gasteiger partial charge in [-0.1, -0.05) is 12.1 Å². The van der Waals surface area contributed by atoms with Crippen molar-refractivity contribution >= 4 is 52.4 Å². The number of carbonyl (C=O) groups is 2. The van der Waals surface area contributed by atoms with E-state index in [-0.39, 0.29) is 33.9 Å². The Morgan fingerprint density at radius 2 is 1.91 bits per heavy atom. The molecular weight excluding hydrogens is 635 g/mol. The van der Waals surface area contributed by atoms with Crippen molar-refractivity contribution in [1.29, 1.82) is 0 Å². The maximum atomic E-state index is 14.0. The zero-order chi connectivity index (χ0) is 33.3. The van der Waals surface area contributed by atoms with Crippen LogP contribution in [-0.4, -0.2) is 83.2 Å². The lowest BCUT2D eigenvalue weighted by Gasteiger charge is -2.55. The number of hydrogen-bond donors (Lipinski definition) is 4. The van der Waals surface area contributed by atoms with Crippen LogP contribution in [0.5, 0.6) is 5.75 Å². The highest BCUT2D eigenvalue weighted by Gasteiger charge is 2.58. The number of rotatable bonds is 9. The van der Waals surface area contributed by atoms with Crippen molar-refractivity contribution in [2.24, 2.45) is 0 Å². The molecule has 4 aliphatic rings. The maximum Gasteiger partial charge on any atom is 0.421 e. The Bertz CT molecular complexity index is 1660. The number of amides is 2. The Labute approximate surface area is 274 Å². The number of nitrogens with one attached hydrogen (secondary N) is 4. The predicted octanol–water partition coefficient (Wildman–Crippen LogP) is 5.34. The van der Waals surface area contributed by atoms with E-state index in [0.717, 1.165) is 24.9 Å². The molecule has 4 fully saturated rings. The Balaban J connectivity index is 1.17. The average molecular weight is 672 g/mol. The molecule has 3 atom stereocenters. The van der Waals surface area contributed by atoms with Crippen molar-refractivity contribution in [2.45, 2.75) is 48.4 Å². The summed E-state index contributed by atoms with van der Waals surface area (Å²) in [4.78, 5) is 35.7. The van der Waals surface area contributed by atoms with Gasteiger partial charge in [-0.05, 0) is 49.9 Å². The molecule has 11 nitrogen and oxygen atoms in total. The van der Waals surface area contributed by atoms with Gasteiger partial charge < -0.3 is 35.6 Å². The summed E-state index contributed by atoms with van der Waals surface area (Å²) in [6.45, 7) is 4.15. The molecule has 47 heavy (non-hydrogen) atoms. The first-order chi connectivity index (χ1) is 22.5. The minimum atomic E-state index is -4.75. The van der Waals surface area contributed by atoms with Gasteiger partial charge >= 0.3 is 6.18 Å². The molecule has 3 unspecified atom stereocenters. The molecule has 1 aliphatic carbocycles. The minimum absolute atomic E-state index is 0.103. The van der Waals surface area contributed by atoms with Crippen LogP contribution in [0.15, 0.2) is 42.6 Å². The van der Waals surface area contributed by atoms with Crippen LogP contribution in [0, 0.1) is 6.92 Å². The summed E-state index contributed by atoms with van der Waals surface area (Å²) in [7, 11) is 2.94. The number of methoxy groups -OCH3 is 1. The summed E-state index contributed by atoms with van der Waals surface area (Å²) in [6, 6.07) is 10.4. The number of aromatic nitrogens is 2. The lowest BCUT2D eigenvalue weighted by Crippen LogP contribution is -2.63. The first-order valence-corrected chi connectivity index (χ1v) is 16.2. The van der Waals surface area contributed by atoms with E-state index in [1.54, 1.807) is 43.0 Å². The van der Waals surface area contributed by atoms with Crippen LogP contribution >= 0.6 is 11.8 Å². The van der Waals surface area contributed by atoms with E-state index in [2.05, 4.69) is 31.2 Å². The predicted molar refractivity (Wildman–Crippen MR) is 174 cm³/mol. The molecule has 4 N–H and O–H groups in total. The Hall–Kier alpha value is -4.24. The number of anilines is 5. The topological polar surface area (TPSA) is 130 Å². The van der Waals surface area contributed by atoms with Gasteiger partial charge in [0, 0.05) is 49.4 Å². The monoisotopic (exact) mass is 671 g/mol. The number of carbonyl (C=O) groups excluding carboxylic acids is 2. The molecule has 250 valence electrons. The fourth-order valence-electron chi connectivity index (χ4n) is 6.27. The Morgan fingerprint density at radius 3 is 2.57 bits per heavy atom. The fourth-order valence-corrected chi connectivity index (χ4v) is 8.03. The van der Waals surface area contributed by atoms with Gasteiger partial charge in [0.25, 0.3) is 5.91 Å². The summed E-state index contributed by atoms with van der Waals surface area (Å²) in [5.74, 6) is -0.408. The van der Waals surface area contributed by atoms with E-state index in [9.17, 15) is 22.8 Å². The first-order valence-electron chi connectivity index (χ1n) is 15.3. The number of morpholine rings is 1. The van der Waals surface area contributed by atoms with Crippen LogP contribution in [0.3, 0.4) is 0 Å². The van der Waals surface area contributed by atoms with Crippen LogP contribution in [0.25, 0.3) is 0 Å². The van der Waals surface area contributed by atoms with Crippen molar-refractivity contribution in [3.8, 4) is 5.75 Å². The molecular formula is C32H36F3N7O4S. The SMILES string of the molecule is CNC(=O)c1cccc(C)c1Nc1nc(Nc2ccc(NC3CCC4(C(=O)N5CCOCC5)CC3S4)cc2OC)ncc1C(F)(F)F. The smallest absolute Gasteiger partial charge is 0.421 e. The third-order valence-electron chi connectivity index (χ3n) is 8.79. The van der Waals surface area contributed by atoms with Crippen LogP contribution in [0.4, 0.5) is 42.0 Å². The van der Waals surface area contributed by atoms with E-state index in [1.165, 1.54) is 20.2 Å². The van der Waals surface area contributed by atoms with Gasteiger partial charge in [0.2, 0.25) is 11.9 Å². The Morgan fingerprint density at radius 1 is 1.15 bits per heavy atom. The van der Waals surface area contributed by atoms with Crippen molar-refractivity contribution in [1.82, 2.24) is 20.2 Å². The van der Waals surface area contributed by atoms with Crippen LogP contribution in [0.2, 0.25) is 0 Å². The quantitative estimate of drug-likeness (QED) is 0.237. The summed E-state index contributed by atoms with van der Waals surface area (Å²) in [5.41, 5.74) is 1.11. The third-order valence-corrected chi connectivity index (χ3v) is 10.6. The number of alkyl halides is 3. The number of ether oxygens (including phenoxy) is 2. The Kier molecular flexibility index (Phi) is 9.12. The van der Waals surface area contributed by atoms with E-state index in [1.807, 2.05) is 11.0 Å². The molecule has 2 amide bonds. The molecule has 3 aromatic rings. The number of halogens is 3. The van der Waals surface area contributed by atoms with Crippen molar-refractivity contribution in [2.75, 3.05) is 56.4 Å². The van der Waals surface area contributed by atoms with Crippen LogP contribution in [0.1, 0.15) is 40.7 Å². The summed E-state index contributed by atoms with van der Waals surface area (Å²) in [6.07, 6.45) is -1.57. The highest BCUT2D eigenvalue weighted by Crippen LogP contribution is 2.57. The zero-order valence-electron chi connectivity index (χ0n) is 26.2. The molecule has 0 spiro atoms. The number of benzene rings is 2. The van der Waals surface area contributed by atoms with Gasteiger partial charge in [-0.3, -0.25) is 9.59 Å². The lowest BCUT2D eigenvalue weighted by molar-refractivity contribution is -0.139. The molecule has 1 saturated carbocycles. The second-order valence-corrected chi connectivity index (χ2v) is 13.4. The van der Waals surface area contributed by atoms with E-state index in [4.69, 9.17) is 9.47 Å². The van der Waals surface area contributed by atoms with Crippen molar-refractivity contribution < 1.29 is 32.2 Å².